The summed E-state index contributed by atoms with van der Waals surface area (Å²) in [5.74, 6) is 0.649. The Hall–Kier alpha value is -2.77. The monoisotopic (exact) mass is 385 g/mol. The molecular weight excluding hydrogens is 362 g/mol. The van der Waals surface area contributed by atoms with Gasteiger partial charge in [-0.15, -0.1) is 0 Å². The molecule has 1 N–H and O–H groups in total. The van der Waals surface area contributed by atoms with Crippen molar-refractivity contribution >= 4 is 5.97 Å². The number of carbonyl (C=O) groups is 1. The van der Waals surface area contributed by atoms with E-state index in [2.05, 4.69) is 4.90 Å². The number of benzene rings is 2. The van der Waals surface area contributed by atoms with Crippen LogP contribution in [0.15, 0.2) is 48.5 Å². The number of carboxylic acid groups (broad SMARTS) is 1. The Morgan fingerprint density at radius 3 is 2.39 bits per heavy atom. The first kappa shape index (κ1) is 18.6. The summed E-state index contributed by atoms with van der Waals surface area (Å²) in [5.41, 5.74) is 0.724. The van der Waals surface area contributed by atoms with Gasteiger partial charge in [0.2, 0.25) is 6.10 Å². The number of hydrogen-bond donors (Lipinski definition) is 1. The molecule has 148 valence electrons. The van der Waals surface area contributed by atoms with Gasteiger partial charge in [0.1, 0.15) is 12.4 Å². The van der Waals surface area contributed by atoms with Crippen molar-refractivity contribution in [1.29, 1.82) is 0 Å². The summed E-state index contributed by atoms with van der Waals surface area (Å²) < 4.78 is 22.7. The molecule has 0 saturated carbocycles. The van der Waals surface area contributed by atoms with Crippen molar-refractivity contribution in [1.82, 2.24) is 4.90 Å². The molecule has 2 heterocycles. The second kappa shape index (κ2) is 8.50. The number of morpholine rings is 1. The third-order valence-electron chi connectivity index (χ3n) is 4.86. The van der Waals surface area contributed by atoms with E-state index in [1.807, 2.05) is 30.3 Å². The van der Waals surface area contributed by atoms with Gasteiger partial charge < -0.3 is 24.1 Å². The molecule has 4 rings (SSSR count). The van der Waals surface area contributed by atoms with E-state index in [1.54, 1.807) is 18.2 Å². The molecule has 2 aromatic rings. The van der Waals surface area contributed by atoms with Crippen LogP contribution in [0.4, 0.5) is 0 Å². The zero-order valence-electron chi connectivity index (χ0n) is 15.5. The van der Waals surface area contributed by atoms with Crippen LogP contribution in [0.2, 0.25) is 0 Å². The van der Waals surface area contributed by atoms with E-state index in [1.165, 1.54) is 0 Å². The van der Waals surface area contributed by atoms with Gasteiger partial charge >= 0.3 is 5.97 Å². The highest BCUT2D eigenvalue weighted by Gasteiger charge is 2.38. The normalized spacial score (nSPS) is 21.9. The lowest BCUT2D eigenvalue weighted by Gasteiger charge is -2.31. The molecule has 0 radical (unpaired) electrons. The summed E-state index contributed by atoms with van der Waals surface area (Å²) in [5, 5.41) is 9.55. The van der Waals surface area contributed by atoms with Crippen molar-refractivity contribution in [3.63, 3.8) is 0 Å². The average molecular weight is 385 g/mol. The van der Waals surface area contributed by atoms with Gasteiger partial charge in [-0.2, -0.15) is 0 Å². The largest absolute Gasteiger partial charge is 0.492 e. The summed E-state index contributed by atoms with van der Waals surface area (Å²) in [6.45, 7) is 4.84. The van der Waals surface area contributed by atoms with Crippen LogP contribution in [-0.4, -0.2) is 61.5 Å². The molecule has 0 spiro atoms. The molecule has 0 bridgehead atoms. The number of hydrogen-bond acceptors (Lipinski definition) is 6. The fourth-order valence-electron chi connectivity index (χ4n) is 3.34. The summed E-state index contributed by atoms with van der Waals surface area (Å²) in [6, 6.07) is 14.4. The quantitative estimate of drug-likeness (QED) is 0.818. The van der Waals surface area contributed by atoms with Gasteiger partial charge in [0.25, 0.3) is 0 Å². The van der Waals surface area contributed by atoms with E-state index in [4.69, 9.17) is 18.9 Å². The van der Waals surface area contributed by atoms with Gasteiger partial charge in [-0.25, -0.2) is 4.79 Å². The van der Waals surface area contributed by atoms with Crippen molar-refractivity contribution in [2.45, 2.75) is 12.2 Å². The number of aliphatic carboxylic acids is 1. The summed E-state index contributed by atoms with van der Waals surface area (Å²) in [4.78, 5) is 14.0. The van der Waals surface area contributed by atoms with Crippen molar-refractivity contribution < 1.29 is 28.8 Å². The van der Waals surface area contributed by atoms with Crippen LogP contribution < -0.4 is 14.2 Å². The van der Waals surface area contributed by atoms with Crippen LogP contribution >= 0.6 is 0 Å². The zero-order chi connectivity index (χ0) is 19.3. The molecular formula is C21H23NO6. The maximum Gasteiger partial charge on any atom is 0.349 e. The molecule has 7 heteroatoms. The lowest BCUT2D eigenvalue weighted by Crippen LogP contribution is -2.39. The van der Waals surface area contributed by atoms with Gasteiger partial charge in [0.15, 0.2) is 17.6 Å². The zero-order valence-corrected chi connectivity index (χ0v) is 15.5. The predicted molar refractivity (Wildman–Crippen MR) is 101 cm³/mol. The minimum absolute atomic E-state index is 0.439. The maximum atomic E-state index is 11.7. The molecule has 7 nitrogen and oxygen atoms in total. The Morgan fingerprint density at radius 1 is 1.04 bits per heavy atom. The molecule has 2 unspecified atom stereocenters. The van der Waals surface area contributed by atoms with Gasteiger partial charge in [-0.3, -0.25) is 4.90 Å². The molecule has 0 aliphatic carbocycles. The Morgan fingerprint density at radius 2 is 1.71 bits per heavy atom. The second-order valence-electron chi connectivity index (χ2n) is 6.73. The van der Waals surface area contributed by atoms with Crippen LogP contribution in [0.1, 0.15) is 11.7 Å². The molecule has 2 atom stereocenters. The SMILES string of the molecule is O=C(O)C1Oc2ccccc2OC1c1ccc(OCCN2CCOCC2)cc1. The van der Waals surface area contributed by atoms with Crippen LogP contribution in [0.3, 0.4) is 0 Å². The third-order valence-corrected chi connectivity index (χ3v) is 4.86. The van der Waals surface area contributed by atoms with Gasteiger partial charge in [-0.05, 0) is 29.8 Å². The molecule has 1 saturated heterocycles. The van der Waals surface area contributed by atoms with E-state index in [0.717, 1.165) is 44.2 Å². The van der Waals surface area contributed by atoms with Crippen LogP contribution in [-0.2, 0) is 9.53 Å². The smallest absolute Gasteiger partial charge is 0.349 e. The molecule has 0 aromatic heterocycles. The summed E-state index contributed by atoms with van der Waals surface area (Å²) >= 11 is 0. The van der Waals surface area contributed by atoms with E-state index in [0.29, 0.717) is 18.1 Å². The highest BCUT2D eigenvalue weighted by atomic mass is 16.6. The summed E-state index contributed by atoms with van der Waals surface area (Å²) in [6.07, 6.45) is -1.84. The molecule has 2 aromatic carbocycles. The summed E-state index contributed by atoms with van der Waals surface area (Å²) in [7, 11) is 0. The minimum Gasteiger partial charge on any atom is -0.492 e. The number of carboxylic acids is 1. The fourth-order valence-corrected chi connectivity index (χ4v) is 3.34. The third kappa shape index (κ3) is 4.21. The Kier molecular flexibility index (Phi) is 5.64. The first-order valence-electron chi connectivity index (χ1n) is 9.39. The number of ether oxygens (including phenoxy) is 4. The maximum absolute atomic E-state index is 11.7. The van der Waals surface area contributed by atoms with Crippen LogP contribution in [0, 0.1) is 0 Å². The predicted octanol–water partition coefficient (Wildman–Crippen LogP) is 2.36. The van der Waals surface area contributed by atoms with E-state index in [-0.39, 0.29) is 0 Å². The molecule has 1 fully saturated rings. The molecule has 2 aliphatic rings. The highest BCUT2D eigenvalue weighted by Crippen LogP contribution is 2.39. The van der Waals surface area contributed by atoms with Gasteiger partial charge in [-0.1, -0.05) is 24.3 Å². The number of fused-ring (bicyclic) bond motifs is 1. The first-order chi connectivity index (χ1) is 13.7. The fraction of sp³-hybridized carbons (Fsp3) is 0.381. The minimum atomic E-state index is -1.11. The van der Waals surface area contributed by atoms with Crippen LogP contribution in [0.5, 0.6) is 17.2 Å². The van der Waals surface area contributed by atoms with E-state index < -0.39 is 18.2 Å². The van der Waals surface area contributed by atoms with E-state index >= 15 is 0 Å². The van der Waals surface area contributed by atoms with Crippen molar-refractivity contribution in [2.24, 2.45) is 0 Å². The average Bonchev–Trinajstić information content (AvgIpc) is 2.74. The highest BCUT2D eigenvalue weighted by molar-refractivity contribution is 5.75. The lowest BCUT2D eigenvalue weighted by atomic mass is 10.0. The second-order valence-corrected chi connectivity index (χ2v) is 6.73. The topological polar surface area (TPSA) is 77.5 Å². The van der Waals surface area contributed by atoms with Crippen molar-refractivity contribution in [3.05, 3.63) is 54.1 Å². The standard InChI is InChI=1S/C21H23NO6/c23-21(24)20-19(27-17-3-1-2-4-18(17)28-20)15-5-7-16(8-6-15)26-14-11-22-9-12-25-13-10-22/h1-8,19-20H,9-14H2,(H,23,24). The lowest BCUT2D eigenvalue weighted by molar-refractivity contribution is -0.151. The molecule has 2 aliphatic heterocycles. The molecule has 0 amide bonds. The first-order valence-corrected chi connectivity index (χ1v) is 9.39. The number of nitrogens with zero attached hydrogens (tertiary/aromatic N) is 1. The molecule has 28 heavy (non-hydrogen) atoms. The van der Waals surface area contributed by atoms with Gasteiger partial charge in [0, 0.05) is 19.6 Å². The Labute approximate surface area is 163 Å². The number of para-hydroxylation sites is 2. The Bertz CT molecular complexity index is 803. The number of rotatable bonds is 6. The van der Waals surface area contributed by atoms with Crippen LogP contribution in [0.25, 0.3) is 0 Å². The van der Waals surface area contributed by atoms with Crippen molar-refractivity contribution in [3.8, 4) is 17.2 Å². The van der Waals surface area contributed by atoms with Crippen molar-refractivity contribution in [2.75, 3.05) is 39.5 Å². The Balaban J connectivity index is 1.40. The van der Waals surface area contributed by atoms with E-state index in [9.17, 15) is 9.90 Å². The van der Waals surface area contributed by atoms with Gasteiger partial charge in [0.05, 0.1) is 13.2 Å².